The third-order valence-corrected chi connectivity index (χ3v) is 2.56. The van der Waals surface area contributed by atoms with Crippen LogP contribution in [-0.2, 0) is 9.59 Å². The number of anilines is 1. The summed E-state index contributed by atoms with van der Waals surface area (Å²) in [4.78, 5) is 22.2. The Morgan fingerprint density at radius 1 is 1.67 bits per heavy atom. The highest BCUT2D eigenvalue weighted by molar-refractivity contribution is 5.93. The van der Waals surface area contributed by atoms with Crippen molar-refractivity contribution in [1.82, 2.24) is 15.5 Å². The molecule has 18 heavy (non-hydrogen) atoms. The molecule has 7 heteroatoms. The zero-order valence-electron chi connectivity index (χ0n) is 10.2. The molecule has 0 bridgehead atoms. The molecule has 0 aliphatic rings. The lowest BCUT2D eigenvalue weighted by Crippen LogP contribution is -2.46. The van der Waals surface area contributed by atoms with Crippen molar-refractivity contribution in [1.29, 1.82) is 0 Å². The maximum Gasteiger partial charge on any atom is 0.256 e. The second kappa shape index (κ2) is 7.44. The maximum atomic E-state index is 11.7. The molecule has 1 heterocycles. The van der Waals surface area contributed by atoms with E-state index in [1.54, 1.807) is 6.07 Å². The predicted molar refractivity (Wildman–Crippen MR) is 65.7 cm³/mol. The van der Waals surface area contributed by atoms with E-state index in [-0.39, 0.29) is 0 Å². The lowest BCUT2D eigenvalue weighted by atomic mass is 10.0. The van der Waals surface area contributed by atoms with E-state index in [0.717, 1.165) is 12.8 Å². The van der Waals surface area contributed by atoms with E-state index in [1.807, 2.05) is 6.92 Å². The van der Waals surface area contributed by atoms with Crippen LogP contribution in [0.5, 0.6) is 0 Å². The first-order valence-electron chi connectivity index (χ1n) is 5.87. The molecular formula is C11H18N4O3. The first-order valence-corrected chi connectivity index (χ1v) is 5.87. The SMILES string of the molecule is CCCC[C@H](NC=O)C(O)C(=O)Nc1ccn[nH]1. The summed E-state index contributed by atoms with van der Waals surface area (Å²) >= 11 is 0. The normalized spacial score (nSPS) is 13.7. The molecule has 100 valence electrons. The summed E-state index contributed by atoms with van der Waals surface area (Å²) in [7, 11) is 0. The predicted octanol–water partition coefficient (Wildman–Crippen LogP) is 0.0139. The molecular weight excluding hydrogens is 236 g/mol. The second-order valence-corrected chi connectivity index (χ2v) is 3.94. The molecule has 0 saturated carbocycles. The molecule has 0 aromatic carbocycles. The zero-order chi connectivity index (χ0) is 13.4. The maximum absolute atomic E-state index is 11.7. The molecule has 0 spiro atoms. The molecule has 4 N–H and O–H groups in total. The zero-order valence-corrected chi connectivity index (χ0v) is 10.2. The van der Waals surface area contributed by atoms with Crippen molar-refractivity contribution in [2.75, 3.05) is 5.32 Å². The molecule has 2 amide bonds. The fourth-order valence-corrected chi connectivity index (χ4v) is 1.56. The van der Waals surface area contributed by atoms with Gasteiger partial charge in [0.05, 0.1) is 12.2 Å². The Bertz CT molecular complexity index is 366. The average molecular weight is 254 g/mol. The summed E-state index contributed by atoms with van der Waals surface area (Å²) in [6, 6.07) is 0.990. The molecule has 1 rings (SSSR count). The summed E-state index contributed by atoms with van der Waals surface area (Å²) in [6.07, 6.45) is 2.98. The Kier molecular flexibility index (Phi) is 5.86. The van der Waals surface area contributed by atoms with E-state index in [1.165, 1.54) is 6.20 Å². The van der Waals surface area contributed by atoms with Gasteiger partial charge in [-0.3, -0.25) is 14.7 Å². The van der Waals surface area contributed by atoms with Crippen LogP contribution in [0.1, 0.15) is 26.2 Å². The van der Waals surface area contributed by atoms with E-state index in [0.29, 0.717) is 18.6 Å². The Labute approximate surface area is 105 Å². The number of rotatable bonds is 8. The van der Waals surface area contributed by atoms with E-state index in [4.69, 9.17) is 0 Å². The fourth-order valence-electron chi connectivity index (χ4n) is 1.56. The molecule has 1 aromatic heterocycles. The molecule has 0 fully saturated rings. The molecule has 7 nitrogen and oxygen atoms in total. The van der Waals surface area contributed by atoms with E-state index in [9.17, 15) is 14.7 Å². The monoisotopic (exact) mass is 254 g/mol. The van der Waals surface area contributed by atoms with Crippen molar-refractivity contribution >= 4 is 18.1 Å². The average Bonchev–Trinajstić information content (AvgIpc) is 2.86. The number of H-pyrrole nitrogens is 1. The van der Waals surface area contributed by atoms with Crippen LogP contribution >= 0.6 is 0 Å². The summed E-state index contributed by atoms with van der Waals surface area (Å²) in [5, 5.41) is 21.0. The van der Waals surface area contributed by atoms with Crippen molar-refractivity contribution in [3.63, 3.8) is 0 Å². The molecule has 0 radical (unpaired) electrons. The van der Waals surface area contributed by atoms with Gasteiger partial charge in [0.2, 0.25) is 6.41 Å². The van der Waals surface area contributed by atoms with Crippen molar-refractivity contribution in [3.05, 3.63) is 12.3 Å². The van der Waals surface area contributed by atoms with Gasteiger partial charge in [-0.15, -0.1) is 0 Å². The van der Waals surface area contributed by atoms with Crippen LogP contribution < -0.4 is 10.6 Å². The van der Waals surface area contributed by atoms with E-state index >= 15 is 0 Å². The molecule has 2 atom stereocenters. The second-order valence-electron chi connectivity index (χ2n) is 3.94. The van der Waals surface area contributed by atoms with Crippen LogP contribution in [0.3, 0.4) is 0 Å². The lowest BCUT2D eigenvalue weighted by Gasteiger charge is -2.21. The largest absolute Gasteiger partial charge is 0.381 e. The van der Waals surface area contributed by atoms with Gasteiger partial charge in [-0.2, -0.15) is 5.10 Å². The number of aliphatic hydroxyl groups excluding tert-OH is 1. The Morgan fingerprint density at radius 3 is 3.00 bits per heavy atom. The highest BCUT2D eigenvalue weighted by Gasteiger charge is 2.25. The highest BCUT2D eigenvalue weighted by atomic mass is 16.3. The molecule has 0 aliphatic heterocycles. The van der Waals surface area contributed by atoms with Gasteiger partial charge in [0.1, 0.15) is 5.82 Å². The smallest absolute Gasteiger partial charge is 0.256 e. The van der Waals surface area contributed by atoms with Gasteiger partial charge < -0.3 is 15.7 Å². The van der Waals surface area contributed by atoms with Crippen molar-refractivity contribution in [2.24, 2.45) is 0 Å². The summed E-state index contributed by atoms with van der Waals surface area (Å²) in [5.74, 6) is -0.172. The Morgan fingerprint density at radius 2 is 2.44 bits per heavy atom. The standard InChI is InChI=1S/C11H18N4O3/c1-2-3-4-8(12-7-16)10(17)11(18)14-9-5-6-13-15-9/h5-8,10,17H,2-4H2,1H3,(H,12,16)(H2,13,14,15,18)/t8-,10?/m0/s1. The summed E-state index contributed by atoms with van der Waals surface area (Å²) < 4.78 is 0. The topological polar surface area (TPSA) is 107 Å². The molecule has 0 aliphatic carbocycles. The van der Waals surface area contributed by atoms with E-state index in [2.05, 4.69) is 20.8 Å². The Hall–Kier alpha value is -1.89. The van der Waals surface area contributed by atoms with Crippen LogP contribution in [-0.4, -0.2) is 39.8 Å². The number of aromatic nitrogens is 2. The first-order chi connectivity index (χ1) is 8.69. The van der Waals surface area contributed by atoms with Crippen molar-refractivity contribution < 1.29 is 14.7 Å². The van der Waals surface area contributed by atoms with Gasteiger partial charge in [-0.05, 0) is 6.42 Å². The number of nitrogens with zero attached hydrogens (tertiary/aromatic N) is 1. The number of unbranched alkanes of at least 4 members (excludes halogenated alkanes) is 1. The number of nitrogens with one attached hydrogen (secondary N) is 3. The molecule has 1 unspecified atom stereocenters. The number of carbonyl (C=O) groups is 2. The number of carbonyl (C=O) groups excluding carboxylic acids is 2. The van der Waals surface area contributed by atoms with Gasteiger partial charge in [0, 0.05) is 6.07 Å². The van der Waals surface area contributed by atoms with Crippen molar-refractivity contribution in [2.45, 2.75) is 38.3 Å². The number of aliphatic hydroxyl groups is 1. The van der Waals surface area contributed by atoms with Gasteiger partial charge in [-0.25, -0.2) is 0 Å². The number of hydrogen-bond acceptors (Lipinski definition) is 4. The van der Waals surface area contributed by atoms with Gasteiger partial charge >= 0.3 is 0 Å². The van der Waals surface area contributed by atoms with Crippen LogP contribution in [0, 0.1) is 0 Å². The molecule has 0 saturated heterocycles. The highest BCUT2D eigenvalue weighted by Crippen LogP contribution is 2.07. The van der Waals surface area contributed by atoms with Gasteiger partial charge in [0.15, 0.2) is 6.10 Å². The minimum atomic E-state index is -1.29. The first kappa shape index (κ1) is 14.2. The third kappa shape index (κ3) is 4.17. The van der Waals surface area contributed by atoms with Gasteiger partial charge in [0.25, 0.3) is 5.91 Å². The Balaban J connectivity index is 2.54. The number of aromatic amines is 1. The van der Waals surface area contributed by atoms with Crippen LogP contribution in [0.4, 0.5) is 5.82 Å². The summed E-state index contributed by atoms with van der Waals surface area (Å²) in [6.45, 7) is 2.00. The number of hydrogen-bond donors (Lipinski definition) is 4. The fraction of sp³-hybridized carbons (Fsp3) is 0.545. The quantitative estimate of drug-likeness (QED) is 0.490. The van der Waals surface area contributed by atoms with E-state index < -0.39 is 18.1 Å². The molecule has 1 aromatic rings. The minimum absolute atomic E-state index is 0.402. The van der Waals surface area contributed by atoms with Gasteiger partial charge in [-0.1, -0.05) is 19.8 Å². The minimum Gasteiger partial charge on any atom is -0.381 e. The van der Waals surface area contributed by atoms with Crippen LogP contribution in [0.2, 0.25) is 0 Å². The van der Waals surface area contributed by atoms with Crippen molar-refractivity contribution in [3.8, 4) is 0 Å². The third-order valence-electron chi connectivity index (χ3n) is 2.56. The number of amides is 2. The van der Waals surface area contributed by atoms with Crippen LogP contribution in [0.15, 0.2) is 12.3 Å². The lowest BCUT2D eigenvalue weighted by molar-refractivity contribution is -0.126. The summed E-state index contributed by atoms with van der Waals surface area (Å²) in [5.41, 5.74) is 0. The van der Waals surface area contributed by atoms with Crippen LogP contribution in [0.25, 0.3) is 0 Å².